The molecule has 0 spiro atoms. The number of benzene rings is 1. The molecule has 3 nitrogen and oxygen atoms in total. The van der Waals surface area contributed by atoms with Crippen LogP contribution in [0.1, 0.15) is 31.7 Å². The molecule has 1 saturated carbocycles. The minimum Gasteiger partial charge on any atom is -0.370 e. The molecule has 0 radical (unpaired) electrons. The lowest BCUT2D eigenvalue weighted by atomic mass is 9.95. The Morgan fingerprint density at radius 3 is 2.59 bits per heavy atom. The zero-order chi connectivity index (χ0) is 12.3. The van der Waals surface area contributed by atoms with Gasteiger partial charge in [0.1, 0.15) is 0 Å². The highest BCUT2D eigenvalue weighted by molar-refractivity contribution is 5.74. The van der Waals surface area contributed by atoms with Crippen molar-refractivity contribution in [2.75, 3.05) is 6.54 Å². The van der Waals surface area contributed by atoms with E-state index in [-0.39, 0.29) is 11.9 Å². The Morgan fingerprint density at radius 1 is 1.41 bits per heavy atom. The van der Waals surface area contributed by atoms with Gasteiger partial charge in [0, 0.05) is 24.4 Å². The Kier molecular flexibility index (Phi) is 3.48. The molecule has 0 aliphatic heterocycles. The molecule has 3 N–H and O–H groups in total. The van der Waals surface area contributed by atoms with E-state index in [0.29, 0.717) is 11.8 Å². The van der Waals surface area contributed by atoms with Gasteiger partial charge in [-0.1, -0.05) is 30.3 Å². The summed E-state index contributed by atoms with van der Waals surface area (Å²) in [5.41, 5.74) is 6.88. The van der Waals surface area contributed by atoms with Crippen molar-refractivity contribution in [3.05, 3.63) is 35.9 Å². The van der Waals surface area contributed by atoms with E-state index in [2.05, 4.69) is 29.6 Å². The number of hydrogen-bond acceptors (Lipinski definition) is 2. The Balaban J connectivity index is 1.89. The van der Waals surface area contributed by atoms with Crippen molar-refractivity contribution >= 4 is 5.91 Å². The van der Waals surface area contributed by atoms with Gasteiger partial charge in [-0.15, -0.1) is 0 Å². The summed E-state index contributed by atoms with van der Waals surface area (Å²) in [5.74, 6) is -0.241. The van der Waals surface area contributed by atoms with Crippen LogP contribution in [0.15, 0.2) is 30.3 Å². The fourth-order valence-corrected chi connectivity index (χ4v) is 2.25. The van der Waals surface area contributed by atoms with Crippen LogP contribution in [-0.2, 0) is 10.2 Å². The summed E-state index contributed by atoms with van der Waals surface area (Å²) in [7, 11) is 0. The Labute approximate surface area is 102 Å². The summed E-state index contributed by atoms with van der Waals surface area (Å²) in [4.78, 5) is 10.8. The van der Waals surface area contributed by atoms with Gasteiger partial charge in [0.05, 0.1) is 0 Å². The summed E-state index contributed by atoms with van der Waals surface area (Å²) < 4.78 is 0. The van der Waals surface area contributed by atoms with Gasteiger partial charge in [-0.2, -0.15) is 0 Å². The molecule has 1 fully saturated rings. The number of amides is 1. The Hall–Kier alpha value is -1.35. The van der Waals surface area contributed by atoms with Crippen molar-refractivity contribution in [1.29, 1.82) is 0 Å². The van der Waals surface area contributed by atoms with Crippen LogP contribution in [0, 0.1) is 0 Å². The minimum absolute atomic E-state index is 0.161. The SMILES string of the molecule is CC(CC(N)=O)NCC1(c2ccccc2)CC1. The molecule has 1 amide bonds. The van der Waals surface area contributed by atoms with E-state index in [1.165, 1.54) is 18.4 Å². The van der Waals surface area contributed by atoms with Gasteiger partial charge in [0.15, 0.2) is 0 Å². The lowest BCUT2D eigenvalue weighted by Crippen LogP contribution is -2.36. The maximum atomic E-state index is 10.8. The fraction of sp³-hybridized carbons (Fsp3) is 0.500. The normalized spacial score (nSPS) is 18.6. The van der Waals surface area contributed by atoms with Crippen LogP contribution in [0.3, 0.4) is 0 Å². The molecule has 1 aliphatic rings. The molecule has 92 valence electrons. The van der Waals surface area contributed by atoms with E-state index >= 15 is 0 Å². The van der Waals surface area contributed by atoms with E-state index in [9.17, 15) is 4.79 Å². The summed E-state index contributed by atoms with van der Waals surface area (Å²) in [6.07, 6.45) is 2.87. The highest BCUT2D eigenvalue weighted by atomic mass is 16.1. The average molecular weight is 232 g/mol. The predicted octanol–water partition coefficient (Wildman–Crippen LogP) is 1.57. The van der Waals surface area contributed by atoms with Crippen molar-refractivity contribution in [3.8, 4) is 0 Å². The highest BCUT2D eigenvalue weighted by Crippen LogP contribution is 2.47. The van der Waals surface area contributed by atoms with Gasteiger partial charge in [0.2, 0.25) is 5.91 Å². The first-order valence-electron chi connectivity index (χ1n) is 6.20. The molecule has 0 heterocycles. The molecule has 1 aliphatic carbocycles. The van der Waals surface area contributed by atoms with Crippen LogP contribution in [-0.4, -0.2) is 18.5 Å². The predicted molar refractivity (Wildman–Crippen MR) is 68.6 cm³/mol. The third-order valence-corrected chi connectivity index (χ3v) is 3.54. The first-order chi connectivity index (χ1) is 8.12. The van der Waals surface area contributed by atoms with Crippen molar-refractivity contribution in [2.45, 2.75) is 37.6 Å². The molecule has 0 bridgehead atoms. The van der Waals surface area contributed by atoms with E-state index < -0.39 is 0 Å². The molecular formula is C14H20N2O. The summed E-state index contributed by atoms with van der Waals surface area (Å²) in [5, 5.41) is 3.41. The molecule has 1 aromatic rings. The van der Waals surface area contributed by atoms with Gasteiger partial charge in [-0.05, 0) is 25.3 Å². The largest absolute Gasteiger partial charge is 0.370 e. The number of carbonyl (C=O) groups excluding carboxylic acids is 1. The molecule has 1 unspecified atom stereocenters. The third kappa shape index (κ3) is 3.07. The Bertz CT molecular complexity index is 384. The number of rotatable bonds is 6. The van der Waals surface area contributed by atoms with Crippen LogP contribution in [0.4, 0.5) is 0 Å². The standard InChI is InChI=1S/C14H20N2O/c1-11(9-13(15)17)16-10-14(7-8-14)12-5-3-2-4-6-12/h2-6,11,16H,7-10H2,1H3,(H2,15,17). The number of hydrogen-bond donors (Lipinski definition) is 2. The second-order valence-corrected chi connectivity index (χ2v) is 5.10. The van der Waals surface area contributed by atoms with E-state index in [1.54, 1.807) is 0 Å². The lowest BCUT2D eigenvalue weighted by Gasteiger charge is -2.19. The first-order valence-corrected chi connectivity index (χ1v) is 6.20. The lowest BCUT2D eigenvalue weighted by molar-refractivity contribution is -0.118. The van der Waals surface area contributed by atoms with Crippen LogP contribution in [0.25, 0.3) is 0 Å². The fourth-order valence-electron chi connectivity index (χ4n) is 2.25. The molecular weight excluding hydrogens is 212 g/mol. The van der Waals surface area contributed by atoms with Gasteiger partial charge in [-0.3, -0.25) is 4.79 Å². The molecule has 0 saturated heterocycles. The van der Waals surface area contributed by atoms with Crippen molar-refractivity contribution in [3.63, 3.8) is 0 Å². The monoisotopic (exact) mass is 232 g/mol. The summed E-state index contributed by atoms with van der Waals surface area (Å²) in [6.45, 7) is 2.94. The number of carbonyl (C=O) groups is 1. The molecule has 2 rings (SSSR count). The van der Waals surface area contributed by atoms with Crippen LogP contribution in [0.2, 0.25) is 0 Å². The topological polar surface area (TPSA) is 55.1 Å². The molecule has 1 atom stereocenters. The van der Waals surface area contributed by atoms with E-state index in [1.807, 2.05) is 13.0 Å². The highest BCUT2D eigenvalue weighted by Gasteiger charge is 2.43. The second-order valence-electron chi connectivity index (χ2n) is 5.10. The number of nitrogens with two attached hydrogens (primary N) is 1. The van der Waals surface area contributed by atoms with Crippen LogP contribution < -0.4 is 11.1 Å². The minimum atomic E-state index is -0.241. The smallest absolute Gasteiger partial charge is 0.218 e. The van der Waals surface area contributed by atoms with Crippen LogP contribution >= 0.6 is 0 Å². The zero-order valence-electron chi connectivity index (χ0n) is 10.3. The van der Waals surface area contributed by atoms with Gasteiger partial charge < -0.3 is 11.1 Å². The first kappa shape index (κ1) is 12.1. The van der Waals surface area contributed by atoms with E-state index in [4.69, 9.17) is 5.73 Å². The number of nitrogens with one attached hydrogen (secondary N) is 1. The van der Waals surface area contributed by atoms with Crippen molar-refractivity contribution in [2.24, 2.45) is 5.73 Å². The molecule has 0 aromatic heterocycles. The second kappa shape index (κ2) is 4.88. The maximum absolute atomic E-state index is 10.8. The Morgan fingerprint density at radius 2 is 2.06 bits per heavy atom. The summed E-state index contributed by atoms with van der Waals surface area (Å²) >= 11 is 0. The van der Waals surface area contributed by atoms with Crippen molar-refractivity contribution < 1.29 is 4.79 Å². The third-order valence-electron chi connectivity index (χ3n) is 3.54. The molecule has 3 heteroatoms. The van der Waals surface area contributed by atoms with Crippen LogP contribution in [0.5, 0.6) is 0 Å². The summed E-state index contributed by atoms with van der Waals surface area (Å²) in [6, 6.07) is 10.8. The molecule has 1 aromatic carbocycles. The average Bonchev–Trinajstić information content (AvgIpc) is 3.08. The maximum Gasteiger partial charge on any atom is 0.218 e. The van der Waals surface area contributed by atoms with Crippen molar-refractivity contribution in [1.82, 2.24) is 5.32 Å². The van der Waals surface area contributed by atoms with Gasteiger partial charge in [0.25, 0.3) is 0 Å². The number of primary amides is 1. The van der Waals surface area contributed by atoms with Gasteiger partial charge >= 0.3 is 0 Å². The quantitative estimate of drug-likeness (QED) is 0.782. The van der Waals surface area contributed by atoms with E-state index in [0.717, 1.165) is 6.54 Å². The molecule has 17 heavy (non-hydrogen) atoms. The zero-order valence-corrected chi connectivity index (χ0v) is 10.3. The van der Waals surface area contributed by atoms with Gasteiger partial charge in [-0.25, -0.2) is 0 Å².